The van der Waals surface area contributed by atoms with Crippen LogP contribution in [0.4, 0.5) is 0 Å². The topological polar surface area (TPSA) is 133 Å². The van der Waals surface area contributed by atoms with Crippen molar-refractivity contribution in [2.45, 2.75) is 77.4 Å². The molecule has 11 heteroatoms. The van der Waals surface area contributed by atoms with Crippen molar-refractivity contribution in [1.29, 1.82) is 0 Å². The van der Waals surface area contributed by atoms with Crippen LogP contribution in [0.3, 0.4) is 0 Å². The monoisotopic (exact) mass is 890 g/mol. The number of carbonyl (C=O) groups is 4. The van der Waals surface area contributed by atoms with Gasteiger partial charge in [0.15, 0.2) is 18.4 Å². The van der Waals surface area contributed by atoms with E-state index in [-0.39, 0.29) is 43.0 Å². The second-order valence-corrected chi connectivity index (χ2v) is 14.5. The number of benzene rings is 4. The number of carbonyl (C=O) groups excluding carboxylic acids is 4. The summed E-state index contributed by atoms with van der Waals surface area (Å²) in [4.78, 5) is 44.9. The summed E-state index contributed by atoms with van der Waals surface area (Å²) < 4.78 is 36.7. The molecule has 0 radical (unpaired) electrons. The van der Waals surface area contributed by atoms with Crippen molar-refractivity contribution in [3.63, 3.8) is 0 Å². The van der Waals surface area contributed by atoms with Crippen LogP contribution >= 0.6 is 0 Å². The molecule has 0 bridgehead atoms. The maximum atomic E-state index is 12.6. The fourth-order valence-electron chi connectivity index (χ4n) is 5.69. The average Bonchev–Trinajstić information content (AvgIpc) is 3.34. The van der Waals surface area contributed by atoms with E-state index in [4.69, 9.17) is 28.4 Å². The molecule has 4 aromatic carbocycles. The van der Waals surface area contributed by atoms with Gasteiger partial charge in [-0.05, 0) is 112 Å². The maximum absolute atomic E-state index is 12.6. The summed E-state index contributed by atoms with van der Waals surface area (Å²) in [5.74, 6) is 0.830. The molecule has 11 nitrogen and oxygen atoms in total. The minimum atomic E-state index is -0.538. The Morgan fingerprint density at radius 1 is 0.538 bits per heavy atom. The Bertz CT molecular complexity index is 1880. The molecule has 0 fully saturated rings. The number of rotatable bonds is 30. The Labute approximate surface area is 385 Å². The number of unbranched alkanes of at least 4 members (excludes halogenated alkanes) is 6. The SMILES string of the molecule is C=CC(=O)OCCCCCCOc1ccc(-c2ccc(OCCCCCCOC(=O)C=C)cc2)cc1.C=COCOCC(=O)C=C.CC(C)OC(C(=O)c1ccccc1)c1ccccc1. The van der Waals surface area contributed by atoms with Crippen molar-refractivity contribution in [3.05, 3.63) is 171 Å². The highest BCUT2D eigenvalue weighted by Crippen LogP contribution is 2.26. The van der Waals surface area contributed by atoms with E-state index in [1.54, 1.807) is 0 Å². The standard InChI is InChI=1S/C30H38O6.C17H18O2.C7H10O3/c1-3-29(31)35-23-11-7-5-9-21-33-27-17-13-25(14-18-27)26-15-19-28(20-16-26)34-22-10-6-8-12-24-36-30(32)4-2;1-13(2)19-17(15-11-7-4-8-12-15)16(18)14-9-5-3-6-10-14;1-3-7(8)5-10-6-9-4-2/h3-4,13-20H,1-2,5-12,21-24H2;3-13,17H,1-2H3;3-4H,1-2,5-6H2. The molecule has 0 N–H and O–H groups in total. The zero-order chi connectivity index (χ0) is 47.3. The highest BCUT2D eigenvalue weighted by molar-refractivity contribution is 6.00. The van der Waals surface area contributed by atoms with Gasteiger partial charge in [-0.2, -0.15) is 0 Å². The lowest BCUT2D eigenvalue weighted by Gasteiger charge is -2.19. The van der Waals surface area contributed by atoms with Crippen LogP contribution < -0.4 is 9.47 Å². The fraction of sp³-hybridized carbons (Fsp3) is 0.333. The van der Waals surface area contributed by atoms with Crippen LogP contribution in [0.15, 0.2) is 160 Å². The largest absolute Gasteiger partial charge is 0.494 e. The molecule has 348 valence electrons. The summed E-state index contributed by atoms with van der Waals surface area (Å²) in [6.45, 7) is 19.5. The molecular weight excluding hydrogens is 825 g/mol. The van der Waals surface area contributed by atoms with E-state index in [1.165, 1.54) is 24.5 Å². The predicted molar refractivity (Wildman–Crippen MR) is 256 cm³/mol. The number of hydrogen-bond acceptors (Lipinski definition) is 11. The molecule has 0 amide bonds. The molecule has 4 rings (SSSR count). The number of ether oxygens (including phenoxy) is 7. The molecule has 0 heterocycles. The van der Waals surface area contributed by atoms with Gasteiger partial charge in [-0.3, -0.25) is 9.59 Å². The van der Waals surface area contributed by atoms with Crippen LogP contribution in [-0.4, -0.2) is 69.4 Å². The van der Waals surface area contributed by atoms with E-state index in [2.05, 4.69) is 55.3 Å². The van der Waals surface area contributed by atoms with Crippen LogP contribution in [0.25, 0.3) is 11.1 Å². The molecule has 0 aromatic heterocycles. The van der Waals surface area contributed by atoms with Crippen molar-refractivity contribution in [1.82, 2.24) is 0 Å². The van der Waals surface area contributed by atoms with Gasteiger partial charge < -0.3 is 33.2 Å². The number of esters is 2. The lowest BCUT2D eigenvalue weighted by molar-refractivity contribution is -0.138. The Balaban J connectivity index is 0.000000412. The van der Waals surface area contributed by atoms with Gasteiger partial charge in [0.25, 0.3) is 0 Å². The molecule has 0 spiro atoms. The molecule has 0 aliphatic rings. The number of Topliss-reactive ketones (excluding diaryl/α,β-unsaturated/α-hetero) is 1. The van der Waals surface area contributed by atoms with E-state index < -0.39 is 6.10 Å². The first kappa shape index (κ1) is 54.6. The van der Waals surface area contributed by atoms with Gasteiger partial charge in [0.1, 0.15) is 24.2 Å². The van der Waals surface area contributed by atoms with Crippen LogP contribution in [0.5, 0.6) is 11.5 Å². The zero-order valence-electron chi connectivity index (χ0n) is 38.1. The molecule has 1 unspecified atom stereocenters. The smallest absolute Gasteiger partial charge is 0.330 e. The molecule has 0 aliphatic heterocycles. The third-order valence-corrected chi connectivity index (χ3v) is 9.03. The summed E-state index contributed by atoms with van der Waals surface area (Å²) in [7, 11) is 0. The molecule has 0 saturated carbocycles. The molecule has 0 aliphatic carbocycles. The summed E-state index contributed by atoms with van der Waals surface area (Å²) in [6, 6.07) is 35.1. The van der Waals surface area contributed by atoms with Gasteiger partial charge in [0.05, 0.1) is 38.8 Å². The normalized spacial score (nSPS) is 10.6. The molecule has 0 saturated heterocycles. The highest BCUT2D eigenvalue weighted by atomic mass is 16.7. The minimum absolute atomic E-state index is 0.000463. The summed E-state index contributed by atoms with van der Waals surface area (Å²) >= 11 is 0. The van der Waals surface area contributed by atoms with Gasteiger partial charge in [0.2, 0.25) is 0 Å². The fourth-order valence-corrected chi connectivity index (χ4v) is 5.69. The van der Waals surface area contributed by atoms with Crippen LogP contribution in [-0.2, 0) is 38.1 Å². The summed E-state index contributed by atoms with van der Waals surface area (Å²) in [5, 5.41) is 0. The summed E-state index contributed by atoms with van der Waals surface area (Å²) in [6.07, 6.45) is 12.0. The van der Waals surface area contributed by atoms with E-state index in [1.807, 2.05) is 98.8 Å². The first-order valence-corrected chi connectivity index (χ1v) is 21.9. The van der Waals surface area contributed by atoms with Gasteiger partial charge in [-0.25, -0.2) is 9.59 Å². The van der Waals surface area contributed by atoms with Crippen molar-refractivity contribution >= 4 is 23.5 Å². The summed E-state index contributed by atoms with van der Waals surface area (Å²) in [5.41, 5.74) is 3.82. The van der Waals surface area contributed by atoms with Gasteiger partial charge in [0, 0.05) is 17.7 Å². The Hall–Kier alpha value is -6.56. The van der Waals surface area contributed by atoms with E-state index in [0.29, 0.717) is 32.0 Å². The van der Waals surface area contributed by atoms with Crippen molar-refractivity contribution in [3.8, 4) is 22.6 Å². The van der Waals surface area contributed by atoms with Crippen LogP contribution in [0, 0.1) is 0 Å². The third-order valence-electron chi connectivity index (χ3n) is 9.03. The van der Waals surface area contributed by atoms with Gasteiger partial charge in [-0.1, -0.05) is 111 Å². The maximum Gasteiger partial charge on any atom is 0.330 e. The molecular formula is C54H66O11. The number of ketones is 2. The van der Waals surface area contributed by atoms with E-state index in [9.17, 15) is 19.2 Å². The van der Waals surface area contributed by atoms with Crippen molar-refractivity contribution < 1.29 is 52.3 Å². The number of hydrogen-bond donors (Lipinski definition) is 0. The minimum Gasteiger partial charge on any atom is -0.494 e. The lowest BCUT2D eigenvalue weighted by atomic mass is 9.99. The lowest BCUT2D eigenvalue weighted by Crippen LogP contribution is -2.19. The quantitative estimate of drug-likeness (QED) is 0.0124. The van der Waals surface area contributed by atoms with Gasteiger partial charge in [-0.15, -0.1) is 0 Å². The van der Waals surface area contributed by atoms with Crippen LogP contribution in [0.2, 0.25) is 0 Å². The second kappa shape index (κ2) is 34.9. The Morgan fingerprint density at radius 3 is 1.40 bits per heavy atom. The van der Waals surface area contributed by atoms with Crippen molar-refractivity contribution in [2.24, 2.45) is 0 Å². The molecule has 1 atom stereocenters. The first-order valence-electron chi connectivity index (χ1n) is 21.9. The molecule has 65 heavy (non-hydrogen) atoms. The highest BCUT2D eigenvalue weighted by Gasteiger charge is 2.23. The van der Waals surface area contributed by atoms with E-state index >= 15 is 0 Å². The second-order valence-electron chi connectivity index (χ2n) is 14.5. The predicted octanol–water partition coefficient (Wildman–Crippen LogP) is 11.6. The van der Waals surface area contributed by atoms with Gasteiger partial charge >= 0.3 is 11.9 Å². The first-order chi connectivity index (χ1) is 31.6. The van der Waals surface area contributed by atoms with Crippen LogP contribution in [0.1, 0.15) is 87.2 Å². The van der Waals surface area contributed by atoms with Crippen molar-refractivity contribution in [2.75, 3.05) is 39.8 Å². The Morgan fingerprint density at radius 2 is 0.985 bits per heavy atom. The third kappa shape index (κ3) is 25.4. The van der Waals surface area contributed by atoms with E-state index in [0.717, 1.165) is 79.6 Å². The average molecular weight is 891 g/mol. The Kier molecular flexibility index (Phi) is 29.3. The molecule has 4 aromatic rings. The zero-order valence-corrected chi connectivity index (χ0v) is 38.1.